The minimum Gasteiger partial charge on any atom is -0.465 e. The predicted octanol–water partition coefficient (Wildman–Crippen LogP) is 1.92. The summed E-state index contributed by atoms with van der Waals surface area (Å²) in [5, 5.41) is 9.98. The van der Waals surface area contributed by atoms with Crippen LogP contribution in [0.2, 0.25) is 5.02 Å². The summed E-state index contributed by atoms with van der Waals surface area (Å²) in [6, 6.07) is 3.12. The van der Waals surface area contributed by atoms with E-state index in [0.717, 1.165) is 13.0 Å². The monoisotopic (exact) mass is 298 g/mol. The molecule has 0 bridgehead atoms. The first-order valence-corrected chi connectivity index (χ1v) is 6.92. The molecule has 2 unspecified atom stereocenters. The Hall–Kier alpha value is -1.46. The Kier molecular flexibility index (Phi) is 4.40. The number of aliphatic hydroxyl groups excluding tert-OH is 1. The molecular formula is C14H19ClN2O3. The van der Waals surface area contributed by atoms with Gasteiger partial charge in [-0.2, -0.15) is 0 Å². The number of nitrogens with two attached hydrogens (primary N) is 1. The van der Waals surface area contributed by atoms with Gasteiger partial charge in [-0.1, -0.05) is 18.5 Å². The minimum absolute atomic E-state index is 0.0164. The van der Waals surface area contributed by atoms with Crippen LogP contribution in [0.15, 0.2) is 12.1 Å². The van der Waals surface area contributed by atoms with Gasteiger partial charge in [-0.25, -0.2) is 4.79 Å². The summed E-state index contributed by atoms with van der Waals surface area (Å²) in [4.78, 5) is 13.9. The Morgan fingerprint density at radius 1 is 1.60 bits per heavy atom. The van der Waals surface area contributed by atoms with Gasteiger partial charge in [-0.05, 0) is 24.5 Å². The van der Waals surface area contributed by atoms with Gasteiger partial charge in [0.05, 0.1) is 36.0 Å². The summed E-state index contributed by atoms with van der Waals surface area (Å²) in [5.41, 5.74) is 7.09. The third kappa shape index (κ3) is 2.55. The first kappa shape index (κ1) is 14.9. The van der Waals surface area contributed by atoms with Crippen LogP contribution in [0.4, 0.5) is 11.4 Å². The Balaban J connectivity index is 2.52. The summed E-state index contributed by atoms with van der Waals surface area (Å²) in [5.74, 6) is -0.149. The van der Waals surface area contributed by atoms with E-state index in [2.05, 4.69) is 6.92 Å². The van der Waals surface area contributed by atoms with Crippen LogP contribution in [0.5, 0.6) is 0 Å². The number of carbonyl (C=O) groups excluding carboxylic acids is 1. The van der Waals surface area contributed by atoms with E-state index in [4.69, 9.17) is 22.1 Å². The van der Waals surface area contributed by atoms with Gasteiger partial charge in [0.25, 0.3) is 0 Å². The molecule has 2 atom stereocenters. The number of nitrogens with zero attached hydrogens (tertiary/aromatic N) is 1. The van der Waals surface area contributed by atoms with Gasteiger partial charge in [-0.15, -0.1) is 0 Å². The molecule has 0 saturated carbocycles. The Bertz CT molecular complexity index is 521. The zero-order valence-corrected chi connectivity index (χ0v) is 12.4. The minimum atomic E-state index is -0.481. The zero-order chi connectivity index (χ0) is 14.9. The van der Waals surface area contributed by atoms with E-state index in [9.17, 15) is 9.90 Å². The molecule has 0 spiro atoms. The number of aliphatic hydroxyl groups is 1. The molecule has 20 heavy (non-hydrogen) atoms. The van der Waals surface area contributed by atoms with E-state index in [-0.39, 0.29) is 12.6 Å². The van der Waals surface area contributed by atoms with Crippen LogP contribution in [0.25, 0.3) is 0 Å². The van der Waals surface area contributed by atoms with Crippen molar-refractivity contribution in [2.24, 2.45) is 5.92 Å². The van der Waals surface area contributed by atoms with Crippen molar-refractivity contribution in [1.82, 2.24) is 0 Å². The fraction of sp³-hybridized carbons (Fsp3) is 0.500. The molecule has 1 fully saturated rings. The van der Waals surface area contributed by atoms with Crippen molar-refractivity contribution >= 4 is 28.9 Å². The first-order valence-electron chi connectivity index (χ1n) is 6.54. The Morgan fingerprint density at radius 2 is 2.30 bits per heavy atom. The molecule has 1 aliphatic rings. The van der Waals surface area contributed by atoms with Crippen molar-refractivity contribution < 1.29 is 14.6 Å². The van der Waals surface area contributed by atoms with Crippen LogP contribution in [0, 0.1) is 5.92 Å². The number of hydrogen-bond donors (Lipinski definition) is 2. The average Bonchev–Trinajstić information content (AvgIpc) is 2.77. The zero-order valence-electron chi connectivity index (χ0n) is 11.6. The van der Waals surface area contributed by atoms with Crippen LogP contribution in [-0.2, 0) is 4.74 Å². The molecule has 3 N–H and O–H groups in total. The number of rotatable bonds is 3. The second kappa shape index (κ2) is 5.89. The molecule has 0 aliphatic carbocycles. The van der Waals surface area contributed by atoms with Crippen molar-refractivity contribution in [3.05, 3.63) is 22.7 Å². The third-order valence-electron chi connectivity index (χ3n) is 3.85. The second-order valence-electron chi connectivity index (χ2n) is 5.10. The van der Waals surface area contributed by atoms with E-state index in [1.165, 1.54) is 7.11 Å². The highest BCUT2D eigenvalue weighted by molar-refractivity contribution is 6.34. The van der Waals surface area contributed by atoms with Crippen LogP contribution >= 0.6 is 11.6 Å². The topological polar surface area (TPSA) is 75.8 Å². The summed E-state index contributed by atoms with van der Waals surface area (Å²) in [6.45, 7) is 2.83. The lowest BCUT2D eigenvalue weighted by atomic mass is 10.0. The smallest absolute Gasteiger partial charge is 0.340 e. The van der Waals surface area contributed by atoms with Gasteiger partial charge < -0.3 is 20.5 Å². The molecule has 6 heteroatoms. The SMILES string of the molecule is COC(=O)c1cc(N)cc(Cl)c1N1CCC(C)C1CO. The van der Waals surface area contributed by atoms with E-state index in [1.807, 2.05) is 4.90 Å². The molecule has 1 heterocycles. The molecule has 1 saturated heterocycles. The summed E-state index contributed by atoms with van der Waals surface area (Å²) >= 11 is 6.27. The maximum atomic E-state index is 11.9. The molecule has 1 aliphatic heterocycles. The standard InChI is InChI=1S/C14H19ClN2O3/c1-8-3-4-17(12(8)7-18)13-10(14(19)20-2)5-9(16)6-11(13)15/h5-6,8,12,18H,3-4,7,16H2,1-2H3. The quantitative estimate of drug-likeness (QED) is 0.658. The van der Waals surface area contributed by atoms with Crippen LogP contribution in [0.3, 0.4) is 0 Å². The van der Waals surface area contributed by atoms with E-state index in [1.54, 1.807) is 12.1 Å². The number of nitrogen functional groups attached to an aromatic ring is 1. The van der Waals surface area contributed by atoms with Crippen molar-refractivity contribution in [3.8, 4) is 0 Å². The number of methoxy groups -OCH3 is 1. The van der Waals surface area contributed by atoms with Crippen molar-refractivity contribution in [2.45, 2.75) is 19.4 Å². The molecule has 110 valence electrons. The molecule has 0 amide bonds. The van der Waals surface area contributed by atoms with Gasteiger partial charge in [0.15, 0.2) is 0 Å². The highest BCUT2D eigenvalue weighted by Gasteiger charge is 2.34. The Morgan fingerprint density at radius 3 is 2.90 bits per heavy atom. The van der Waals surface area contributed by atoms with Crippen LogP contribution < -0.4 is 10.6 Å². The number of carbonyl (C=O) groups is 1. The van der Waals surface area contributed by atoms with Crippen LogP contribution in [0.1, 0.15) is 23.7 Å². The van der Waals surface area contributed by atoms with Crippen molar-refractivity contribution in [3.63, 3.8) is 0 Å². The van der Waals surface area contributed by atoms with Crippen molar-refractivity contribution in [2.75, 3.05) is 30.9 Å². The largest absolute Gasteiger partial charge is 0.465 e. The molecule has 1 aromatic carbocycles. The van der Waals surface area contributed by atoms with E-state index >= 15 is 0 Å². The average molecular weight is 299 g/mol. The molecule has 5 nitrogen and oxygen atoms in total. The fourth-order valence-corrected chi connectivity index (χ4v) is 3.08. The summed E-state index contributed by atoms with van der Waals surface area (Å²) < 4.78 is 4.80. The fourth-order valence-electron chi connectivity index (χ4n) is 2.74. The van der Waals surface area contributed by atoms with Gasteiger partial charge in [0.2, 0.25) is 0 Å². The lowest BCUT2D eigenvalue weighted by Gasteiger charge is -2.29. The molecule has 1 aromatic rings. The number of hydrogen-bond acceptors (Lipinski definition) is 5. The first-order chi connectivity index (χ1) is 9.49. The maximum absolute atomic E-state index is 11.9. The van der Waals surface area contributed by atoms with Gasteiger partial charge in [0.1, 0.15) is 0 Å². The van der Waals surface area contributed by atoms with Crippen LogP contribution in [-0.4, -0.2) is 37.4 Å². The normalized spacial score (nSPS) is 22.1. The second-order valence-corrected chi connectivity index (χ2v) is 5.51. The number of ether oxygens (including phenoxy) is 1. The molecule has 0 aromatic heterocycles. The van der Waals surface area contributed by atoms with Gasteiger partial charge >= 0.3 is 5.97 Å². The molecular weight excluding hydrogens is 280 g/mol. The number of halogens is 1. The highest BCUT2D eigenvalue weighted by atomic mass is 35.5. The summed E-state index contributed by atoms with van der Waals surface area (Å²) in [6.07, 6.45) is 0.937. The Labute approximate surface area is 123 Å². The third-order valence-corrected chi connectivity index (χ3v) is 4.14. The molecule has 0 radical (unpaired) electrons. The van der Waals surface area contributed by atoms with E-state index < -0.39 is 5.97 Å². The lowest BCUT2D eigenvalue weighted by Crippen LogP contribution is -2.36. The molecule has 2 rings (SSSR count). The van der Waals surface area contributed by atoms with E-state index in [0.29, 0.717) is 27.9 Å². The summed E-state index contributed by atoms with van der Waals surface area (Å²) in [7, 11) is 1.32. The maximum Gasteiger partial charge on any atom is 0.340 e. The highest BCUT2D eigenvalue weighted by Crippen LogP contribution is 2.38. The number of benzene rings is 1. The van der Waals surface area contributed by atoms with Crippen molar-refractivity contribution in [1.29, 1.82) is 0 Å². The van der Waals surface area contributed by atoms with Gasteiger partial charge in [0, 0.05) is 12.2 Å². The number of anilines is 2. The predicted molar refractivity (Wildman–Crippen MR) is 79.2 cm³/mol. The lowest BCUT2D eigenvalue weighted by molar-refractivity contribution is 0.0601. The number of esters is 1. The van der Waals surface area contributed by atoms with Gasteiger partial charge in [-0.3, -0.25) is 0 Å².